The molecule has 0 amide bonds. The third-order valence-electron chi connectivity index (χ3n) is 4.16. The summed E-state index contributed by atoms with van der Waals surface area (Å²) in [4.78, 5) is 13.6. The third kappa shape index (κ3) is 3.94. The number of aromatic nitrogens is 3. The first-order valence-corrected chi connectivity index (χ1v) is 8.31. The summed E-state index contributed by atoms with van der Waals surface area (Å²) in [6.45, 7) is 4.79. The Labute approximate surface area is 148 Å². The predicted octanol–water partition coefficient (Wildman–Crippen LogP) is 3.82. The number of aryl methyl sites for hydroxylation is 1. The largest absolute Gasteiger partial charge is 0.496 e. The number of hydrogen-bond acceptors (Lipinski definition) is 5. The molecule has 1 aromatic carbocycles. The number of rotatable bonds is 6. The molecule has 0 radical (unpaired) electrons. The van der Waals surface area contributed by atoms with Crippen molar-refractivity contribution in [2.24, 2.45) is 0 Å². The predicted molar refractivity (Wildman–Crippen MR) is 99.9 cm³/mol. The summed E-state index contributed by atoms with van der Waals surface area (Å²) < 4.78 is 5.41. The lowest BCUT2D eigenvalue weighted by atomic mass is 10.1. The molecule has 2 aromatic heterocycles. The zero-order chi connectivity index (χ0) is 17.6. The van der Waals surface area contributed by atoms with E-state index in [4.69, 9.17) is 4.74 Å². The summed E-state index contributed by atoms with van der Waals surface area (Å²) >= 11 is 0. The average Bonchev–Trinajstić information content (AvgIpc) is 2.66. The van der Waals surface area contributed by atoms with E-state index in [2.05, 4.69) is 26.3 Å². The van der Waals surface area contributed by atoms with Gasteiger partial charge in [0.15, 0.2) is 5.82 Å². The zero-order valence-corrected chi connectivity index (χ0v) is 14.8. The maximum Gasteiger partial charge on any atom is 0.180 e. The highest BCUT2D eigenvalue weighted by Crippen LogP contribution is 2.21. The van der Waals surface area contributed by atoms with Gasteiger partial charge in [0.2, 0.25) is 0 Å². The molecule has 5 heteroatoms. The molecule has 0 fully saturated rings. The van der Waals surface area contributed by atoms with Crippen molar-refractivity contribution < 1.29 is 4.74 Å². The molecule has 0 aliphatic heterocycles. The van der Waals surface area contributed by atoms with Crippen LogP contribution in [0.15, 0.2) is 48.7 Å². The third-order valence-corrected chi connectivity index (χ3v) is 4.16. The molecular weight excluding hydrogens is 312 g/mol. The van der Waals surface area contributed by atoms with Gasteiger partial charge in [-0.2, -0.15) is 0 Å². The van der Waals surface area contributed by atoms with Gasteiger partial charge in [-0.25, -0.2) is 9.97 Å². The molecular formula is C20H22N4O. The molecule has 25 heavy (non-hydrogen) atoms. The van der Waals surface area contributed by atoms with Crippen LogP contribution in [0.1, 0.15) is 16.8 Å². The number of nitrogens with one attached hydrogen (secondary N) is 1. The summed E-state index contributed by atoms with van der Waals surface area (Å²) in [6.07, 6.45) is 2.61. The lowest BCUT2D eigenvalue weighted by Crippen LogP contribution is -2.11. The van der Waals surface area contributed by atoms with E-state index in [9.17, 15) is 0 Å². The van der Waals surface area contributed by atoms with Crippen LogP contribution in [0.5, 0.6) is 5.75 Å². The van der Waals surface area contributed by atoms with Crippen molar-refractivity contribution in [1.29, 1.82) is 0 Å². The monoisotopic (exact) mass is 334 g/mol. The van der Waals surface area contributed by atoms with Crippen molar-refractivity contribution in [2.75, 3.05) is 19.0 Å². The Hall–Kier alpha value is -2.95. The van der Waals surface area contributed by atoms with E-state index in [0.717, 1.165) is 41.5 Å². The van der Waals surface area contributed by atoms with Crippen molar-refractivity contribution in [3.63, 3.8) is 0 Å². The van der Waals surface area contributed by atoms with Crippen LogP contribution >= 0.6 is 0 Å². The maximum absolute atomic E-state index is 5.41. The molecule has 0 saturated heterocycles. The fraction of sp³-hybridized carbons (Fsp3) is 0.250. The van der Waals surface area contributed by atoms with E-state index >= 15 is 0 Å². The molecule has 3 aromatic rings. The molecule has 128 valence electrons. The van der Waals surface area contributed by atoms with Crippen LogP contribution in [0.2, 0.25) is 0 Å². The van der Waals surface area contributed by atoms with E-state index in [1.165, 1.54) is 5.56 Å². The number of benzene rings is 1. The number of hydrogen-bond donors (Lipinski definition) is 1. The fourth-order valence-electron chi connectivity index (χ4n) is 2.64. The van der Waals surface area contributed by atoms with Gasteiger partial charge in [-0.3, -0.25) is 4.98 Å². The van der Waals surface area contributed by atoms with Gasteiger partial charge in [0.1, 0.15) is 17.3 Å². The average molecular weight is 334 g/mol. The van der Waals surface area contributed by atoms with Crippen molar-refractivity contribution >= 4 is 5.82 Å². The minimum Gasteiger partial charge on any atom is -0.496 e. The molecule has 0 aliphatic rings. The van der Waals surface area contributed by atoms with Gasteiger partial charge < -0.3 is 10.1 Å². The second-order valence-electron chi connectivity index (χ2n) is 5.81. The van der Waals surface area contributed by atoms with Gasteiger partial charge in [0.25, 0.3) is 0 Å². The molecule has 1 N–H and O–H groups in total. The lowest BCUT2D eigenvalue weighted by molar-refractivity contribution is 0.410. The van der Waals surface area contributed by atoms with Crippen molar-refractivity contribution in [1.82, 2.24) is 15.0 Å². The van der Waals surface area contributed by atoms with Crippen LogP contribution in [0.4, 0.5) is 5.82 Å². The van der Waals surface area contributed by atoms with Gasteiger partial charge >= 0.3 is 0 Å². The van der Waals surface area contributed by atoms with Gasteiger partial charge in [-0.05, 0) is 44.0 Å². The summed E-state index contributed by atoms with van der Waals surface area (Å²) in [5, 5.41) is 3.43. The minimum atomic E-state index is 0.642. The standard InChI is InChI=1S/C20H22N4O/c1-14-15(2)23-20(17-9-6-7-12-21-17)24-19(14)22-13-11-16-8-4-5-10-18(16)25-3/h4-10,12H,11,13H2,1-3H3,(H,22,23,24). The van der Waals surface area contributed by atoms with Crippen LogP contribution in [0.3, 0.4) is 0 Å². The lowest BCUT2D eigenvalue weighted by Gasteiger charge is -2.13. The first-order valence-electron chi connectivity index (χ1n) is 8.31. The molecule has 0 unspecified atom stereocenters. The van der Waals surface area contributed by atoms with Gasteiger partial charge in [-0.15, -0.1) is 0 Å². The van der Waals surface area contributed by atoms with E-state index in [0.29, 0.717) is 5.82 Å². The van der Waals surface area contributed by atoms with Crippen LogP contribution in [0, 0.1) is 13.8 Å². The summed E-state index contributed by atoms with van der Waals surface area (Å²) in [5.74, 6) is 2.40. The normalized spacial score (nSPS) is 10.5. The Morgan fingerprint density at radius 2 is 1.80 bits per heavy atom. The Bertz CT molecular complexity index is 850. The summed E-state index contributed by atoms with van der Waals surface area (Å²) in [6, 6.07) is 13.8. The number of para-hydroxylation sites is 1. The van der Waals surface area contributed by atoms with Crippen molar-refractivity contribution in [2.45, 2.75) is 20.3 Å². The molecule has 2 heterocycles. The van der Waals surface area contributed by atoms with E-state index < -0.39 is 0 Å². The molecule has 0 atom stereocenters. The SMILES string of the molecule is COc1ccccc1CCNc1nc(-c2ccccn2)nc(C)c1C. The fourth-order valence-corrected chi connectivity index (χ4v) is 2.64. The number of ether oxygens (including phenoxy) is 1. The maximum atomic E-state index is 5.41. The second-order valence-corrected chi connectivity index (χ2v) is 5.81. The molecule has 0 bridgehead atoms. The Balaban J connectivity index is 1.77. The van der Waals surface area contributed by atoms with Gasteiger partial charge in [-0.1, -0.05) is 24.3 Å². The highest BCUT2D eigenvalue weighted by Gasteiger charge is 2.10. The number of methoxy groups -OCH3 is 1. The quantitative estimate of drug-likeness (QED) is 0.742. The van der Waals surface area contributed by atoms with Crippen molar-refractivity contribution in [3.8, 4) is 17.3 Å². The van der Waals surface area contributed by atoms with E-state index in [-0.39, 0.29) is 0 Å². The smallest absolute Gasteiger partial charge is 0.180 e. The Kier molecular flexibility index (Phi) is 5.23. The summed E-state index contributed by atoms with van der Waals surface area (Å²) in [7, 11) is 1.70. The first-order chi connectivity index (χ1) is 12.2. The van der Waals surface area contributed by atoms with Gasteiger partial charge in [0, 0.05) is 24.0 Å². The summed E-state index contributed by atoms with van der Waals surface area (Å²) in [5.41, 5.74) is 3.96. The minimum absolute atomic E-state index is 0.642. The molecule has 0 aliphatic carbocycles. The number of pyridine rings is 1. The van der Waals surface area contributed by atoms with Crippen molar-refractivity contribution in [3.05, 3.63) is 65.5 Å². The van der Waals surface area contributed by atoms with Crippen LogP contribution in [-0.4, -0.2) is 28.6 Å². The Morgan fingerprint density at radius 1 is 1.00 bits per heavy atom. The van der Waals surface area contributed by atoms with Crippen LogP contribution < -0.4 is 10.1 Å². The van der Waals surface area contributed by atoms with E-state index in [1.54, 1.807) is 13.3 Å². The van der Waals surface area contributed by atoms with Crippen LogP contribution in [-0.2, 0) is 6.42 Å². The van der Waals surface area contributed by atoms with Crippen LogP contribution in [0.25, 0.3) is 11.5 Å². The number of anilines is 1. The first kappa shape index (κ1) is 16.9. The zero-order valence-electron chi connectivity index (χ0n) is 14.8. The highest BCUT2D eigenvalue weighted by atomic mass is 16.5. The second kappa shape index (κ2) is 7.75. The molecule has 3 rings (SSSR count). The topological polar surface area (TPSA) is 59.9 Å². The van der Waals surface area contributed by atoms with E-state index in [1.807, 2.05) is 50.2 Å². The highest BCUT2D eigenvalue weighted by molar-refractivity contribution is 5.56. The number of nitrogens with zero attached hydrogens (tertiary/aromatic N) is 3. The van der Waals surface area contributed by atoms with Gasteiger partial charge in [0.05, 0.1) is 7.11 Å². The molecule has 5 nitrogen and oxygen atoms in total. The Morgan fingerprint density at radius 3 is 2.56 bits per heavy atom. The molecule has 0 saturated carbocycles. The molecule has 0 spiro atoms.